The van der Waals surface area contributed by atoms with Gasteiger partial charge in [0.15, 0.2) is 11.6 Å². The van der Waals surface area contributed by atoms with Crippen molar-refractivity contribution in [3.8, 4) is 5.75 Å². The fourth-order valence-electron chi connectivity index (χ4n) is 1.48. The molecule has 0 aliphatic carbocycles. The minimum absolute atomic E-state index is 0. The zero-order valence-electron chi connectivity index (χ0n) is 9.72. The van der Waals surface area contributed by atoms with E-state index in [1.807, 2.05) is 0 Å². The molecule has 0 aromatic heterocycles. The fraction of sp³-hybridized carbons (Fsp3) is 0.273. The fourth-order valence-corrected chi connectivity index (χ4v) is 1.48. The molecule has 0 aliphatic heterocycles. The molecule has 0 heterocycles. The predicted octanol–water partition coefficient (Wildman–Crippen LogP) is 2.83. The van der Waals surface area contributed by atoms with E-state index < -0.39 is 28.2 Å². The van der Waals surface area contributed by atoms with Crippen LogP contribution in [0.15, 0.2) is 24.3 Å². The molecular formula is C11H14ClFN2O3. The van der Waals surface area contributed by atoms with Gasteiger partial charge in [-0.05, 0) is 13.3 Å². The van der Waals surface area contributed by atoms with Crippen LogP contribution >= 0.6 is 12.4 Å². The zero-order chi connectivity index (χ0) is 13.2. The van der Waals surface area contributed by atoms with Crippen molar-refractivity contribution in [1.82, 2.24) is 0 Å². The van der Waals surface area contributed by atoms with Crippen molar-refractivity contribution in [3.63, 3.8) is 0 Å². The molecule has 0 saturated heterocycles. The number of hydrogen-bond donors (Lipinski definition) is 2. The molecular weight excluding hydrogens is 263 g/mol. The summed E-state index contributed by atoms with van der Waals surface area (Å²) >= 11 is 0. The van der Waals surface area contributed by atoms with Crippen LogP contribution < -0.4 is 5.73 Å². The van der Waals surface area contributed by atoms with Crippen LogP contribution in [-0.4, -0.2) is 10.0 Å². The van der Waals surface area contributed by atoms with Gasteiger partial charge in [-0.25, -0.2) is 4.39 Å². The molecule has 1 aromatic rings. The molecule has 1 rings (SSSR count). The summed E-state index contributed by atoms with van der Waals surface area (Å²) in [6, 6.07) is 1.01. The normalized spacial score (nSPS) is 11.5. The Morgan fingerprint density at radius 3 is 2.67 bits per heavy atom. The molecule has 1 atom stereocenters. The molecule has 0 unspecified atom stereocenters. The van der Waals surface area contributed by atoms with E-state index in [9.17, 15) is 19.6 Å². The number of nitrogens with zero attached hydrogens (tertiary/aromatic N) is 1. The Bertz CT molecular complexity index is 480. The van der Waals surface area contributed by atoms with E-state index in [-0.39, 0.29) is 18.0 Å². The zero-order valence-corrected chi connectivity index (χ0v) is 10.5. The Hall–Kier alpha value is -1.66. The van der Waals surface area contributed by atoms with Crippen molar-refractivity contribution >= 4 is 18.1 Å². The van der Waals surface area contributed by atoms with E-state index in [0.29, 0.717) is 12.5 Å². The van der Waals surface area contributed by atoms with Crippen LogP contribution in [0, 0.1) is 15.9 Å². The van der Waals surface area contributed by atoms with Crippen LogP contribution in [0.25, 0.3) is 0 Å². The highest BCUT2D eigenvalue weighted by Gasteiger charge is 2.20. The smallest absolute Gasteiger partial charge is 0.272 e. The quantitative estimate of drug-likeness (QED) is 0.503. The Labute approximate surface area is 110 Å². The molecule has 0 amide bonds. The summed E-state index contributed by atoms with van der Waals surface area (Å²) in [6.45, 7) is 5.37. The lowest BCUT2D eigenvalue weighted by Crippen LogP contribution is -2.11. The first-order valence-electron chi connectivity index (χ1n) is 4.89. The summed E-state index contributed by atoms with van der Waals surface area (Å²) in [4.78, 5) is 9.82. The summed E-state index contributed by atoms with van der Waals surface area (Å²) in [7, 11) is 0. The van der Waals surface area contributed by atoms with E-state index in [1.54, 1.807) is 6.92 Å². The molecule has 0 fully saturated rings. The third-order valence-corrected chi connectivity index (χ3v) is 2.26. The Morgan fingerprint density at radius 2 is 2.22 bits per heavy atom. The number of halogens is 2. The van der Waals surface area contributed by atoms with Crippen LogP contribution in [0.2, 0.25) is 0 Å². The number of aromatic hydroxyl groups is 1. The summed E-state index contributed by atoms with van der Waals surface area (Å²) in [5, 5.41) is 20.0. The van der Waals surface area contributed by atoms with E-state index in [4.69, 9.17) is 5.73 Å². The maximum Gasteiger partial charge on any atom is 0.272 e. The van der Waals surface area contributed by atoms with Gasteiger partial charge in [0, 0.05) is 17.7 Å². The largest absolute Gasteiger partial charge is 0.505 e. The number of phenolic OH excluding ortho intramolecular Hbond substituents is 1. The van der Waals surface area contributed by atoms with Gasteiger partial charge in [-0.15, -0.1) is 19.0 Å². The number of rotatable bonds is 4. The Balaban J connectivity index is 0.00000289. The van der Waals surface area contributed by atoms with Crippen LogP contribution in [0.4, 0.5) is 10.1 Å². The van der Waals surface area contributed by atoms with E-state index in [0.717, 1.165) is 11.6 Å². The number of non-ortho nitro benzene ring substituents is 1. The molecule has 5 nitrogen and oxygen atoms in total. The van der Waals surface area contributed by atoms with E-state index in [2.05, 4.69) is 6.58 Å². The monoisotopic (exact) mass is 276 g/mol. The predicted molar refractivity (Wildman–Crippen MR) is 68.3 cm³/mol. The van der Waals surface area contributed by atoms with Crippen molar-refractivity contribution in [2.75, 3.05) is 0 Å². The van der Waals surface area contributed by atoms with Crippen molar-refractivity contribution in [3.05, 3.63) is 45.8 Å². The van der Waals surface area contributed by atoms with Gasteiger partial charge >= 0.3 is 0 Å². The van der Waals surface area contributed by atoms with Gasteiger partial charge in [-0.3, -0.25) is 10.1 Å². The van der Waals surface area contributed by atoms with Crippen LogP contribution in [0.3, 0.4) is 0 Å². The standard InChI is InChI=1S/C11H13FN2O3.ClH/c1-6(2)3-10(13)8-4-7(14(16)17)5-9(12)11(8)15;/h4-5,10,15H,1,3,13H2,2H3;1H/t10-;/m1./s1. The number of nitro groups is 1. The maximum atomic E-state index is 13.3. The van der Waals surface area contributed by atoms with Crippen LogP contribution in [0.1, 0.15) is 24.9 Å². The topological polar surface area (TPSA) is 89.4 Å². The summed E-state index contributed by atoms with van der Waals surface area (Å²) < 4.78 is 13.3. The minimum Gasteiger partial charge on any atom is -0.505 e. The first-order chi connectivity index (χ1) is 7.82. The Morgan fingerprint density at radius 1 is 1.67 bits per heavy atom. The molecule has 7 heteroatoms. The van der Waals surface area contributed by atoms with Gasteiger partial charge in [0.25, 0.3) is 5.69 Å². The molecule has 18 heavy (non-hydrogen) atoms. The van der Waals surface area contributed by atoms with Crippen molar-refractivity contribution in [2.45, 2.75) is 19.4 Å². The molecule has 0 saturated carbocycles. The van der Waals surface area contributed by atoms with Crippen LogP contribution in [0.5, 0.6) is 5.75 Å². The van der Waals surface area contributed by atoms with Gasteiger partial charge < -0.3 is 10.8 Å². The van der Waals surface area contributed by atoms with Gasteiger partial charge in [0.2, 0.25) is 0 Å². The Kier molecular flexibility index (Phi) is 5.74. The van der Waals surface area contributed by atoms with Gasteiger partial charge in [-0.2, -0.15) is 0 Å². The summed E-state index contributed by atoms with van der Waals surface area (Å²) in [5.74, 6) is -1.70. The molecule has 0 bridgehead atoms. The van der Waals surface area contributed by atoms with Crippen LogP contribution in [-0.2, 0) is 0 Å². The van der Waals surface area contributed by atoms with Gasteiger partial charge in [-0.1, -0.05) is 5.57 Å². The molecule has 100 valence electrons. The van der Waals surface area contributed by atoms with Crippen molar-refractivity contribution < 1.29 is 14.4 Å². The van der Waals surface area contributed by atoms with Gasteiger partial charge in [0.1, 0.15) is 0 Å². The molecule has 0 radical (unpaired) electrons. The van der Waals surface area contributed by atoms with E-state index in [1.165, 1.54) is 0 Å². The third-order valence-electron chi connectivity index (χ3n) is 2.26. The average molecular weight is 277 g/mol. The number of hydrogen-bond acceptors (Lipinski definition) is 4. The second-order valence-corrected chi connectivity index (χ2v) is 3.89. The molecule has 3 N–H and O–H groups in total. The molecule has 0 spiro atoms. The highest BCUT2D eigenvalue weighted by molar-refractivity contribution is 5.85. The second kappa shape index (κ2) is 6.32. The number of benzene rings is 1. The first kappa shape index (κ1) is 16.3. The number of nitro benzene ring substituents is 1. The highest BCUT2D eigenvalue weighted by atomic mass is 35.5. The lowest BCUT2D eigenvalue weighted by molar-refractivity contribution is -0.385. The molecule has 0 aliphatic rings. The van der Waals surface area contributed by atoms with E-state index >= 15 is 0 Å². The van der Waals surface area contributed by atoms with Gasteiger partial charge in [0.05, 0.1) is 11.0 Å². The first-order valence-corrected chi connectivity index (χ1v) is 4.89. The van der Waals surface area contributed by atoms with Crippen molar-refractivity contribution in [2.24, 2.45) is 5.73 Å². The maximum absolute atomic E-state index is 13.3. The second-order valence-electron chi connectivity index (χ2n) is 3.89. The van der Waals surface area contributed by atoms with Crippen molar-refractivity contribution in [1.29, 1.82) is 0 Å². The summed E-state index contributed by atoms with van der Waals surface area (Å²) in [6.07, 6.45) is 0.314. The summed E-state index contributed by atoms with van der Waals surface area (Å²) in [5.41, 5.74) is 6.04. The lowest BCUT2D eigenvalue weighted by atomic mass is 9.99. The molecule has 1 aromatic carbocycles. The average Bonchev–Trinajstić information content (AvgIpc) is 2.20. The third kappa shape index (κ3) is 3.68. The SMILES string of the molecule is C=C(C)C[C@@H](N)c1cc([N+](=O)[O-])cc(F)c1O.Cl. The minimum atomic E-state index is -1.05. The lowest BCUT2D eigenvalue weighted by Gasteiger charge is -2.13. The highest BCUT2D eigenvalue weighted by Crippen LogP contribution is 2.32. The number of phenols is 1. The number of nitrogens with two attached hydrogens (primary N) is 1.